The van der Waals surface area contributed by atoms with E-state index in [1.807, 2.05) is 39.8 Å². The van der Waals surface area contributed by atoms with Gasteiger partial charge >= 0.3 is 0 Å². The number of rotatable bonds is 6. The summed E-state index contributed by atoms with van der Waals surface area (Å²) in [6, 6.07) is 12.3. The number of hydrogen-bond acceptors (Lipinski definition) is 3. The Morgan fingerprint density at radius 2 is 1.81 bits per heavy atom. The molecule has 0 heterocycles. The summed E-state index contributed by atoms with van der Waals surface area (Å²) in [4.78, 5) is 12.8. The first-order valence-corrected chi connectivity index (χ1v) is 9.36. The summed E-state index contributed by atoms with van der Waals surface area (Å²) < 4.78 is 5.80. The summed E-state index contributed by atoms with van der Waals surface area (Å²) in [5.74, 6) is -0.175. The molecule has 0 aliphatic carbocycles. The van der Waals surface area contributed by atoms with Gasteiger partial charge in [-0.1, -0.05) is 62.7 Å². The Morgan fingerprint density at radius 1 is 1.19 bits per heavy atom. The van der Waals surface area contributed by atoms with Gasteiger partial charge in [0.15, 0.2) is 5.78 Å². The van der Waals surface area contributed by atoms with Crippen molar-refractivity contribution in [1.29, 1.82) is 0 Å². The molecule has 0 bridgehead atoms. The quantitative estimate of drug-likeness (QED) is 0.489. The first-order chi connectivity index (χ1) is 12.2. The van der Waals surface area contributed by atoms with Crippen LogP contribution in [0.5, 0.6) is 5.75 Å². The summed E-state index contributed by atoms with van der Waals surface area (Å²) in [6.07, 6.45) is -0.673. The number of alkyl halides is 1. The minimum absolute atomic E-state index is 0.0404. The molecule has 1 N–H and O–H groups in total. The molecule has 2 aromatic rings. The van der Waals surface area contributed by atoms with E-state index in [1.54, 1.807) is 30.3 Å². The molecule has 2 aromatic carbocycles. The van der Waals surface area contributed by atoms with Crippen molar-refractivity contribution in [3.8, 4) is 5.75 Å². The van der Waals surface area contributed by atoms with Crippen LogP contribution in [0.4, 0.5) is 0 Å². The lowest BCUT2D eigenvalue weighted by molar-refractivity contribution is 0.0529. The van der Waals surface area contributed by atoms with Gasteiger partial charge in [0.05, 0.1) is 5.02 Å². The van der Waals surface area contributed by atoms with Gasteiger partial charge in [-0.2, -0.15) is 0 Å². The first-order valence-electron chi connectivity index (χ1n) is 8.54. The molecule has 0 spiro atoms. The zero-order chi connectivity index (χ0) is 19.5. The number of halogens is 2. The van der Waals surface area contributed by atoms with Gasteiger partial charge < -0.3 is 9.84 Å². The normalized spacial score (nSPS) is 14.1. The molecule has 3 nitrogen and oxygen atoms in total. The van der Waals surface area contributed by atoms with Gasteiger partial charge in [-0.3, -0.25) is 4.79 Å². The van der Waals surface area contributed by atoms with E-state index in [9.17, 15) is 9.90 Å². The lowest BCUT2D eigenvalue weighted by atomic mass is 9.84. The Labute approximate surface area is 164 Å². The molecular weight excluding hydrogens is 371 g/mol. The largest absolute Gasteiger partial charge is 0.506 e. The third-order valence-electron chi connectivity index (χ3n) is 4.14. The zero-order valence-electron chi connectivity index (χ0n) is 15.4. The van der Waals surface area contributed by atoms with E-state index in [-0.39, 0.29) is 22.0 Å². The molecule has 0 aliphatic heterocycles. The topological polar surface area (TPSA) is 46.5 Å². The highest BCUT2D eigenvalue weighted by molar-refractivity contribution is 6.34. The minimum Gasteiger partial charge on any atom is -0.506 e. The van der Waals surface area contributed by atoms with Crippen LogP contribution in [-0.2, 0) is 10.2 Å². The number of ether oxygens (including phenoxy) is 1. The molecule has 0 aliphatic rings. The molecule has 0 amide bonds. The molecule has 0 saturated carbocycles. The monoisotopic (exact) mass is 394 g/mol. The summed E-state index contributed by atoms with van der Waals surface area (Å²) in [5, 5.41) is 9.63. The first kappa shape index (κ1) is 20.8. The maximum absolute atomic E-state index is 12.8. The van der Waals surface area contributed by atoms with Crippen LogP contribution in [-0.4, -0.2) is 22.9 Å². The number of ketones is 1. The fraction of sp³-hybridized carbons (Fsp3) is 0.381. The molecule has 0 aromatic heterocycles. The summed E-state index contributed by atoms with van der Waals surface area (Å²) in [6.45, 7) is 8.16. The molecule has 0 radical (unpaired) electrons. The molecule has 2 atom stereocenters. The predicted octanol–water partition coefficient (Wildman–Crippen LogP) is 5.91. The van der Waals surface area contributed by atoms with E-state index >= 15 is 0 Å². The number of benzene rings is 2. The molecule has 0 unspecified atom stereocenters. The highest BCUT2D eigenvalue weighted by Crippen LogP contribution is 2.40. The molecule has 5 heteroatoms. The molecule has 2 rings (SSSR count). The number of phenols is 1. The summed E-state index contributed by atoms with van der Waals surface area (Å²) in [7, 11) is 0. The molecule has 0 saturated heterocycles. The van der Waals surface area contributed by atoms with Crippen molar-refractivity contribution in [1.82, 2.24) is 0 Å². The van der Waals surface area contributed by atoms with Crippen molar-refractivity contribution in [3.63, 3.8) is 0 Å². The van der Waals surface area contributed by atoms with Crippen LogP contribution in [0.1, 0.15) is 55.3 Å². The van der Waals surface area contributed by atoms with Crippen LogP contribution in [0.3, 0.4) is 0 Å². The summed E-state index contributed by atoms with van der Waals surface area (Å²) >= 11 is 12.8. The standard InChI is InChI=1S/C21H24Cl2O3/c1-5-26-20(17(23)18(24)13-9-7-6-8-10-13)14-11-15(21(2,3)4)19(25)16(22)12-14/h6-12,17,20,25H,5H2,1-4H3/t17-,20+/m1/s1. The smallest absolute Gasteiger partial charge is 0.183 e. The average Bonchev–Trinajstić information content (AvgIpc) is 2.60. The molecular formula is C21H24Cl2O3. The fourth-order valence-electron chi connectivity index (χ4n) is 2.78. The number of hydrogen-bond donors (Lipinski definition) is 1. The SMILES string of the molecule is CCO[C@@H](c1cc(Cl)c(O)c(C(C)(C)C)c1)[C@H](Cl)C(=O)c1ccccc1. The van der Waals surface area contributed by atoms with Crippen molar-refractivity contribution in [2.75, 3.05) is 6.61 Å². The number of carbonyl (C=O) groups is 1. The zero-order valence-corrected chi connectivity index (χ0v) is 16.9. The van der Waals surface area contributed by atoms with Gasteiger partial charge in [-0.25, -0.2) is 0 Å². The Bertz CT molecular complexity index is 767. The van der Waals surface area contributed by atoms with E-state index in [0.717, 1.165) is 0 Å². The Morgan fingerprint density at radius 3 is 2.35 bits per heavy atom. The van der Waals surface area contributed by atoms with Crippen LogP contribution < -0.4 is 0 Å². The van der Waals surface area contributed by atoms with Crippen molar-refractivity contribution in [2.45, 2.75) is 44.6 Å². The van der Waals surface area contributed by atoms with Crippen molar-refractivity contribution in [3.05, 3.63) is 64.2 Å². The van der Waals surface area contributed by atoms with Gasteiger partial charge in [0.1, 0.15) is 17.2 Å². The van der Waals surface area contributed by atoms with E-state index in [2.05, 4.69) is 0 Å². The lowest BCUT2D eigenvalue weighted by Crippen LogP contribution is -2.26. The Kier molecular flexibility index (Phi) is 6.73. The van der Waals surface area contributed by atoms with E-state index in [1.165, 1.54) is 0 Å². The van der Waals surface area contributed by atoms with Crippen molar-refractivity contribution >= 4 is 29.0 Å². The molecule has 0 fully saturated rings. The number of aromatic hydroxyl groups is 1. The maximum Gasteiger partial charge on any atom is 0.183 e. The second kappa shape index (κ2) is 8.43. The van der Waals surface area contributed by atoms with Crippen molar-refractivity contribution < 1.29 is 14.6 Å². The molecule has 26 heavy (non-hydrogen) atoms. The van der Waals surface area contributed by atoms with Gasteiger partial charge in [0.2, 0.25) is 0 Å². The molecule has 140 valence electrons. The minimum atomic E-state index is -0.911. The third kappa shape index (κ3) is 4.59. The van der Waals surface area contributed by atoms with Crippen LogP contribution in [0.25, 0.3) is 0 Å². The fourth-order valence-corrected chi connectivity index (χ4v) is 3.36. The third-order valence-corrected chi connectivity index (χ3v) is 4.86. The number of Topliss-reactive ketones (excluding diaryl/α,β-unsaturated/α-hetero) is 1. The van der Waals surface area contributed by atoms with E-state index in [0.29, 0.717) is 23.3 Å². The second-order valence-electron chi connectivity index (χ2n) is 7.16. The average molecular weight is 395 g/mol. The number of carbonyl (C=O) groups excluding carboxylic acids is 1. The van der Waals surface area contributed by atoms with Crippen LogP contribution >= 0.6 is 23.2 Å². The van der Waals surface area contributed by atoms with Crippen molar-refractivity contribution in [2.24, 2.45) is 0 Å². The predicted molar refractivity (Wildman–Crippen MR) is 107 cm³/mol. The Balaban J connectivity index is 2.47. The Hall–Kier alpha value is -1.55. The van der Waals surface area contributed by atoms with Crippen LogP contribution in [0.15, 0.2) is 42.5 Å². The lowest BCUT2D eigenvalue weighted by Gasteiger charge is -2.26. The van der Waals surface area contributed by atoms with Crippen LogP contribution in [0, 0.1) is 0 Å². The van der Waals surface area contributed by atoms with Gasteiger partial charge in [-0.15, -0.1) is 11.6 Å². The van der Waals surface area contributed by atoms with E-state index in [4.69, 9.17) is 27.9 Å². The summed E-state index contributed by atoms with van der Waals surface area (Å²) in [5.41, 5.74) is 1.55. The number of phenolic OH excluding ortho intramolecular Hbond substituents is 1. The van der Waals surface area contributed by atoms with Gasteiger partial charge in [0.25, 0.3) is 0 Å². The second-order valence-corrected chi connectivity index (χ2v) is 8.03. The highest BCUT2D eigenvalue weighted by atomic mass is 35.5. The van der Waals surface area contributed by atoms with Crippen LogP contribution in [0.2, 0.25) is 5.02 Å². The van der Waals surface area contributed by atoms with E-state index < -0.39 is 11.5 Å². The highest BCUT2D eigenvalue weighted by Gasteiger charge is 2.31. The van der Waals surface area contributed by atoms with Gasteiger partial charge in [0, 0.05) is 17.7 Å². The van der Waals surface area contributed by atoms with Gasteiger partial charge in [-0.05, 0) is 30.0 Å². The maximum atomic E-state index is 12.8.